The number of nitrogens with one attached hydrogen (secondary N) is 2. The lowest BCUT2D eigenvalue weighted by atomic mass is 10.1. The number of pyridine rings is 1. The van der Waals surface area contributed by atoms with E-state index in [1.165, 1.54) is 4.90 Å². The zero-order chi connectivity index (χ0) is 31.3. The van der Waals surface area contributed by atoms with Crippen molar-refractivity contribution >= 4 is 53.1 Å². The number of carboxylic acids is 1. The lowest BCUT2D eigenvalue weighted by Gasteiger charge is -2.21. The summed E-state index contributed by atoms with van der Waals surface area (Å²) in [5.74, 6) is -0.161. The summed E-state index contributed by atoms with van der Waals surface area (Å²) in [5, 5.41) is 12.4. The van der Waals surface area contributed by atoms with Crippen molar-refractivity contribution in [3.05, 3.63) is 83.8 Å². The van der Waals surface area contributed by atoms with Gasteiger partial charge in [-0.25, -0.2) is 19.8 Å². The number of anilines is 2. The van der Waals surface area contributed by atoms with Gasteiger partial charge >= 0.3 is 12.1 Å². The summed E-state index contributed by atoms with van der Waals surface area (Å²) in [6.45, 7) is 6.33. The van der Waals surface area contributed by atoms with Gasteiger partial charge in [0.1, 0.15) is 11.6 Å². The van der Waals surface area contributed by atoms with Crippen molar-refractivity contribution in [2.24, 2.45) is 9.98 Å². The second kappa shape index (κ2) is 15.7. The molecule has 0 spiro atoms. The number of benzene rings is 2. The maximum atomic E-state index is 13.4. The maximum absolute atomic E-state index is 13.4. The first-order chi connectivity index (χ1) is 21.4. The third-order valence-electron chi connectivity index (χ3n) is 6.67. The molecular formula is C32H35N7O5. The van der Waals surface area contributed by atoms with E-state index in [4.69, 9.17) is 9.84 Å². The molecule has 2 aromatic heterocycles. The van der Waals surface area contributed by atoms with Crippen molar-refractivity contribution in [2.75, 3.05) is 23.4 Å². The Bertz CT molecular complexity index is 1620. The molecule has 4 rings (SSSR count). The summed E-state index contributed by atoms with van der Waals surface area (Å²) in [6, 6.07) is 17.4. The summed E-state index contributed by atoms with van der Waals surface area (Å²) in [5.41, 5.74) is 3.14. The molecule has 0 saturated carbocycles. The fourth-order valence-electron chi connectivity index (χ4n) is 4.40. The Morgan fingerprint density at radius 2 is 1.84 bits per heavy atom. The number of nitrogens with zero attached hydrogens (tertiary/aromatic N) is 5. The van der Waals surface area contributed by atoms with E-state index in [1.54, 1.807) is 54.7 Å². The Kier molecular flexibility index (Phi) is 11.3. The quantitative estimate of drug-likeness (QED) is 0.0925. The number of H-pyrrole nitrogens is 1. The van der Waals surface area contributed by atoms with E-state index in [0.29, 0.717) is 47.0 Å². The predicted molar refractivity (Wildman–Crippen MR) is 170 cm³/mol. The largest absolute Gasteiger partial charge is 0.481 e. The lowest BCUT2D eigenvalue weighted by Crippen LogP contribution is -2.33. The summed E-state index contributed by atoms with van der Waals surface area (Å²) in [6.07, 6.45) is 4.66. The molecule has 0 aliphatic carbocycles. The number of rotatable bonds is 14. The second-order valence-electron chi connectivity index (χ2n) is 9.90. The van der Waals surface area contributed by atoms with Gasteiger partial charge in [0.15, 0.2) is 5.84 Å². The fraction of sp³-hybridized carbons (Fsp3) is 0.281. The van der Waals surface area contributed by atoms with E-state index in [0.717, 1.165) is 31.4 Å². The van der Waals surface area contributed by atoms with Crippen molar-refractivity contribution < 1.29 is 24.2 Å². The molecule has 228 valence electrons. The molecule has 0 aliphatic rings. The van der Waals surface area contributed by atoms with Gasteiger partial charge in [0, 0.05) is 29.6 Å². The van der Waals surface area contributed by atoms with Gasteiger partial charge in [-0.2, -0.15) is 4.99 Å². The molecular weight excluding hydrogens is 562 g/mol. The number of carbonyl (C=O) groups excluding carboxylic acids is 2. The maximum Gasteiger partial charge on any atom is 0.435 e. The van der Waals surface area contributed by atoms with Crippen LogP contribution in [0, 0.1) is 0 Å². The third-order valence-corrected chi connectivity index (χ3v) is 6.67. The van der Waals surface area contributed by atoms with Gasteiger partial charge in [-0.1, -0.05) is 32.3 Å². The average molecular weight is 598 g/mol. The predicted octanol–water partition coefficient (Wildman–Crippen LogP) is 5.86. The third kappa shape index (κ3) is 8.81. The number of aliphatic carboxylic acids is 1. The van der Waals surface area contributed by atoms with Crippen LogP contribution in [0.1, 0.15) is 60.8 Å². The van der Waals surface area contributed by atoms with Gasteiger partial charge in [0.05, 0.1) is 30.6 Å². The minimum Gasteiger partial charge on any atom is -0.481 e. The number of carboxylic acid groups (broad SMARTS) is 1. The van der Waals surface area contributed by atoms with Crippen LogP contribution in [0.25, 0.3) is 11.0 Å². The molecule has 2 aromatic carbocycles. The summed E-state index contributed by atoms with van der Waals surface area (Å²) < 4.78 is 5.17. The zero-order valence-corrected chi connectivity index (χ0v) is 24.5. The molecule has 0 aliphatic heterocycles. The van der Waals surface area contributed by atoms with Crippen molar-refractivity contribution in [3.63, 3.8) is 0 Å². The normalized spacial score (nSPS) is 11.2. The van der Waals surface area contributed by atoms with E-state index < -0.39 is 12.1 Å². The van der Waals surface area contributed by atoms with Crippen molar-refractivity contribution in [1.82, 2.24) is 15.0 Å². The van der Waals surface area contributed by atoms with Crippen molar-refractivity contribution in [1.29, 1.82) is 0 Å². The summed E-state index contributed by atoms with van der Waals surface area (Å²) in [4.78, 5) is 57.8. The Morgan fingerprint density at radius 1 is 1.05 bits per heavy atom. The molecule has 3 N–H and O–H groups in total. The zero-order valence-electron chi connectivity index (χ0n) is 24.5. The number of aliphatic imine (C=N–C) groups is 2. The molecule has 0 atom stereocenters. The first-order valence-corrected chi connectivity index (χ1v) is 14.4. The van der Waals surface area contributed by atoms with Crippen LogP contribution in [0.5, 0.6) is 0 Å². The molecule has 0 saturated heterocycles. The highest BCUT2D eigenvalue weighted by molar-refractivity contribution is 6.07. The number of aromatic nitrogens is 3. The van der Waals surface area contributed by atoms with Crippen LogP contribution < -0.4 is 10.2 Å². The van der Waals surface area contributed by atoms with Gasteiger partial charge in [-0.3, -0.25) is 14.5 Å². The van der Waals surface area contributed by atoms with Crippen LogP contribution in [0.2, 0.25) is 0 Å². The second-order valence-corrected chi connectivity index (χ2v) is 9.90. The summed E-state index contributed by atoms with van der Waals surface area (Å²) >= 11 is 0. The van der Waals surface area contributed by atoms with E-state index in [9.17, 15) is 14.4 Å². The number of imidazole rings is 1. The topological polar surface area (TPSA) is 162 Å². The summed E-state index contributed by atoms with van der Waals surface area (Å²) in [7, 11) is 0. The van der Waals surface area contributed by atoms with Gasteiger partial charge < -0.3 is 20.1 Å². The Hall–Kier alpha value is -5.39. The molecule has 0 bridgehead atoms. The highest BCUT2D eigenvalue weighted by atomic mass is 16.5. The van der Waals surface area contributed by atoms with Crippen LogP contribution in [-0.2, 0) is 16.1 Å². The van der Waals surface area contributed by atoms with Gasteiger partial charge in [0.2, 0.25) is 0 Å². The Balaban J connectivity index is 1.38. The highest BCUT2D eigenvalue weighted by Crippen LogP contribution is 2.20. The van der Waals surface area contributed by atoms with Crippen LogP contribution in [0.3, 0.4) is 0 Å². The van der Waals surface area contributed by atoms with Crippen molar-refractivity contribution in [2.45, 2.75) is 45.6 Å². The van der Waals surface area contributed by atoms with E-state index in [-0.39, 0.29) is 24.7 Å². The molecule has 0 unspecified atom stereocenters. The number of aromatic amines is 1. The monoisotopic (exact) mass is 597 g/mol. The number of amidine groups is 1. The first-order valence-electron chi connectivity index (χ1n) is 14.4. The molecule has 44 heavy (non-hydrogen) atoms. The first kappa shape index (κ1) is 31.5. The van der Waals surface area contributed by atoms with Crippen LogP contribution in [0.4, 0.5) is 16.3 Å². The SMILES string of the molecule is C=NC(=NC(=O)OCCCCCC)c1ccc(NCc2nc3ccc(C(=O)N(CCC(=O)O)c4ccccn4)cc3[nH]2)cc1. The van der Waals surface area contributed by atoms with E-state index in [2.05, 4.69) is 43.9 Å². The molecule has 12 heteroatoms. The van der Waals surface area contributed by atoms with Crippen molar-refractivity contribution in [3.8, 4) is 0 Å². The van der Waals surface area contributed by atoms with Crippen LogP contribution >= 0.6 is 0 Å². The number of amides is 2. The molecule has 0 fully saturated rings. The molecule has 2 amide bonds. The van der Waals surface area contributed by atoms with Gasteiger partial charge in [-0.15, -0.1) is 0 Å². The van der Waals surface area contributed by atoms with Gasteiger partial charge in [-0.05, 0) is 67.7 Å². The Labute approximate surface area is 254 Å². The van der Waals surface area contributed by atoms with Gasteiger partial charge in [0.25, 0.3) is 5.91 Å². The molecule has 2 heterocycles. The minimum absolute atomic E-state index is 0.0143. The fourth-order valence-corrected chi connectivity index (χ4v) is 4.40. The number of ether oxygens (including phenoxy) is 1. The smallest absolute Gasteiger partial charge is 0.435 e. The number of unbranched alkanes of at least 4 members (excludes halogenated alkanes) is 3. The lowest BCUT2D eigenvalue weighted by molar-refractivity contribution is -0.136. The van der Waals surface area contributed by atoms with Crippen LogP contribution in [0.15, 0.2) is 76.8 Å². The molecule has 0 radical (unpaired) electrons. The Morgan fingerprint density at radius 3 is 2.55 bits per heavy atom. The molecule has 12 nitrogen and oxygen atoms in total. The van der Waals surface area contributed by atoms with E-state index >= 15 is 0 Å². The number of hydrogen-bond donors (Lipinski definition) is 3. The standard InChI is InChI=1S/C32H35N7O5/c1-3-4-5-8-19-44-32(43)38-30(33-2)22-10-13-24(14-11-22)35-21-27-36-25-15-12-23(20-26(25)37-27)31(42)39(18-16-29(40)41)28-9-6-7-17-34-28/h6-7,9-15,17,20,35H,2-5,8,16,18-19,21H2,1H3,(H,36,37)(H,40,41). The number of carbonyl (C=O) groups is 3. The van der Waals surface area contributed by atoms with Crippen LogP contribution in [-0.4, -0.2) is 63.7 Å². The minimum atomic E-state index is -1.01. The number of fused-ring (bicyclic) bond motifs is 1. The number of hydrogen-bond acceptors (Lipinski definition) is 7. The highest BCUT2D eigenvalue weighted by Gasteiger charge is 2.20. The van der Waals surface area contributed by atoms with E-state index in [1.807, 2.05) is 12.1 Å². The average Bonchev–Trinajstić information content (AvgIpc) is 3.45. The molecule has 4 aromatic rings.